The summed E-state index contributed by atoms with van der Waals surface area (Å²) in [7, 11) is 0. The minimum atomic E-state index is 0.616. The predicted molar refractivity (Wildman–Crippen MR) is 60.5 cm³/mol. The topological polar surface area (TPSA) is 51.0 Å². The van der Waals surface area contributed by atoms with Gasteiger partial charge < -0.3 is 9.73 Å². The van der Waals surface area contributed by atoms with Gasteiger partial charge in [0.2, 0.25) is 0 Å². The lowest BCUT2D eigenvalue weighted by atomic mass is 10.3. The lowest BCUT2D eigenvalue weighted by Gasteiger charge is -2.04. The third-order valence-corrected chi connectivity index (χ3v) is 2.79. The highest BCUT2D eigenvalue weighted by Crippen LogP contribution is 2.16. The lowest BCUT2D eigenvalue weighted by Crippen LogP contribution is -2.02. The summed E-state index contributed by atoms with van der Waals surface area (Å²) < 4.78 is 5.88. The van der Waals surface area contributed by atoms with Gasteiger partial charge in [-0.25, -0.2) is 9.97 Å². The van der Waals surface area contributed by atoms with E-state index in [4.69, 9.17) is 4.42 Å². The number of anilines is 1. The summed E-state index contributed by atoms with van der Waals surface area (Å²) >= 11 is 3.40. The van der Waals surface area contributed by atoms with E-state index in [0.717, 1.165) is 21.7 Å². The number of hydrogen-bond acceptors (Lipinski definition) is 4. The van der Waals surface area contributed by atoms with Gasteiger partial charge in [-0.05, 0) is 35.0 Å². The number of aryl methyl sites for hydroxylation is 1. The number of oxazole rings is 1. The van der Waals surface area contributed by atoms with Crippen LogP contribution in [0.4, 0.5) is 5.82 Å². The van der Waals surface area contributed by atoms with E-state index in [2.05, 4.69) is 31.2 Å². The minimum Gasteiger partial charge on any atom is -0.451 e. The van der Waals surface area contributed by atoms with Crippen LogP contribution in [-0.2, 0) is 6.54 Å². The third-order valence-electron chi connectivity index (χ3n) is 1.96. The Kier molecular flexibility index (Phi) is 3.01. The molecule has 1 N–H and O–H groups in total. The molecule has 0 aliphatic carbocycles. The van der Waals surface area contributed by atoms with E-state index in [1.54, 1.807) is 6.26 Å². The Morgan fingerprint density at radius 3 is 3.00 bits per heavy atom. The highest BCUT2D eigenvalue weighted by molar-refractivity contribution is 9.10. The van der Waals surface area contributed by atoms with E-state index in [1.807, 2.05) is 19.1 Å². The van der Waals surface area contributed by atoms with Crippen LogP contribution in [0.15, 0.2) is 33.7 Å². The first-order chi connectivity index (χ1) is 7.25. The molecule has 0 spiro atoms. The van der Waals surface area contributed by atoms with E-state index >= 15 is 0 Å². The first kappa shape index (κ1) is 10.2. The van der Waals surface area contributed by atoms with Gasteiger partial charge in [-0.1, -0.05) is 0 Å². The van der Waals surface area contributed by atoms with Gasteiger partial charge in [0, 0.05) is 4.47 Å². The first-order valence-electron chi connectivity index (χ1n) is 4.50. The van der Waals surface area contributed by atoms with Crippen molar-refractivity contribution in [1.29, 1.82) is 0 Å². The number of nitrogens with zero attached hydrogens (tertiary/aromatic N) is 2. The molecule has 4 nitrogen and oxygen atoms in total. The number of rotatable bonds is 3. The molecule has 0 saturated heterocycles. The second-order valence-corrected chi connectivity index (χ2v) is 3.95. The Morgan fingerprint density at radius 1 is 1.47 bits per heavy atom. The second kappa shape index (κ2) is 4.44. The normalized spacial score (nSPS) is 10.3. The molecule has 0 bridgehead atoms. The van der Waals surface area contributed by atoms with Crippen molar-refractivity contribution in [1.82, 2.24) is 9.97 Å². The highest BCUT2D eigenvalue weighted by atomic mass is 79.9. The van der Waals surface area contributed by atoms with Gasteiger partial charge in [-0.15, -0.1) is 0 Å². The van der Waals surface area contributed by atoms with Gasteiger partial charge in [0.1, 0.15) is 12.1 Å². The van der Waals surface area contributed by atoms with Gasteiger partial charge >= 0.3 is 0 Å². The van der Waals surface area contributed by atoms with E-state index in [1.165, 1.54) is 6.39 Å². The van der Waals surface area contributed by atoms with Crippen molar-refractivity contribution in [2.24, 2.45) is 0 Å². The standard InChI is InChI=1S/C10H10BrN3O/c1-7-9(11)2-3-10(14-7)12-4-8-5-15-6-13-8/h2-3,5-6H,4H2,1H3,(H,12,14). The number of nitrogens with one attached hydrogen (secondary N) is 1. The molecule has 2 rings (SSSR count). The van der Waals surface area contributed by atoms with Gasteiger partial charge in [0.15, 0.2) is 6.39 Å². The number of pyridine rings is 1. The molecule has 0 amide bonds. The molecule has 0 aromatic carbocycles. The number of hydrogen-bond donors (Lipinski definition) is 1. The van der Waals surface area contributed by atoms with Crippen LogP contribution in [-0.4, -0.2) is 9.97 Å². The van der Waals surface area contributed by atoms with Crippen molar-refractivity contribution in [3.05, 3.63) is 40.7 Å². The number of halogens is 1. The van der Waals surface area contributed by atoms with Gasteiger partial charge in [0.05, 0.1) is 17.9 Å². The smallest absolute Gasteiger partial charge is 0.180 e. The van der Waals surface area contributed by atoms with Crippen molar-refractivity contribution in [2.75, 3.05) is 5.32 Å². The minimum absolute atomic E-state index is 0.616. The lowest BCUT2D eigenvalue weighted by molar-refractivity contribution is 0.556. The molecule has 2 aromatic heterocycles. The molecule has 5 heteroatoms. The monoisotopic (exact) mass is 267 g/mol. The van der Waals surface area contributed by atoms with Crippen LogP contribution in [0, 0.1) is 6.92 Å². The SMILES string of the molecule is Cc1nc(NCc2cocn2)ccc1Br. The van der Waals surface area contributed by atoms with Gasteiger partial charge in [-0.3, -0.25) is 0 Å². The van der Waals surface area contributed by atoms with Crippen LogP contribution >= 0.6 is 15.9 Å². The Morgan fingerprint density at radius 2 is 2.33 bits per heavy atom. The number of aromatic nitrogens is 2. The third kappa shape index (κ3) is 2.56. The first-order valence-corrected chi connectivity index (χ1v) is 5.29. The average molecular weight is 268 g/mol. The summed E-state index contributed by atoms with van der Waals surface area (Å²) in [6.45, 7) is 2.57. The van der Waals surface area contributed by atoms with E-state index in [0.29, 0.717) is 6.54 Å². The molecule has 2 heterocycles. The maximum Gasteiger partial charge on any atom is 0.180 e. The molecule has 15 heavy (non-hydrogen) atoms. The summed E-state index contributed by atoms with van der Waals surface area (Å²) in [5.41, 5.74) is 1.82. The zero-order valence-electron chi connectivity index (χ0n) is 8.20. The maximum atomic E-state index is 4.87. The molecular weight excluding hydrogens is 258 g/mol. The van der Waals surface area contributed by atoms with Crippen molar-refractivity contribution in [3.63, 3.8) is 0 Å². The predicted octanol–water partition coefficient (Wildman–Crippen LogP) is 2.75. The zero-order valence-corrected chi connectivity index (χ0v) is 9.78. The van der Waals surface area contributed by atoms with E-state index in [-0.39, 0.29) is 0 Å². The Bertz CT molecular complexity index is 442. The summed E-state index contributed by atoms with van der Waals surface area (Å²) in [5, 5.41) is 3.16. The quantitative estimate of drug-likeness (QED) is 0.929. The van der Waals surface area contributed by atoms with E-state index < -0.39 is 0 Å². The summed E-state index contributed by atoms with van der Waals surface area (Å²) in [5.74, 6) is 0.832. The van der Waals surface area contributed by atoms with Gasteiger partial charge in [0.25, 0.3) is 0 Å². The fraction of sp³-hybridized carbons (Fsp3) is 0.200. The molecule has 78 valence electrons. The van der Waals surface area contributed by atoms with Crippen LogP contribution in [0.5, 0.6) is 0 Å². The van der Waals surface area contributed by atoms with Crippen LogP contribution < -0.4 is 5.32 Å². The zero-order chi connectivity index (χ0) is 10.7. The fourth-order valence-electron chi connectivity index (χ4n) is 1.15. The van der Waals surface area contributed by atoms with Crippen molar-refractivity contribution in [2.45, 2.75) is 13.5 Å². The van der Waals surface area contributed by atoms with Gasteiger partial charge in [-0.2, -0.15) is 0 Å². The molecule has 0 radical (unpaired) electrons. The van der Waals surface area contributed by atoms with Crippen LogP contribution in [0.1, 0.15) is 11.4 Å². The van der Waals surface area contributed by atoms with Crippen molar-refractivity contribution < 1.29 is 4.42 Å². The van der Waals surface area contributed by atoms with Crippen LogP contribution in [0.2, 0.25) is 0 Å². The summed E-state index contributed by atoms with van der Waals surface area (Å²) in [6.07, 6.45) is 3.02. The Labute approximate surface area is 95.9 Å². The fourth-order valence-corrected chi connectivity index (χ4v) is 1.37. The average Bonchev–Trinajstić information content (AvgIpc) is 2.73. The molecule has 0 aliphatic heterocycles. The molecule has 0 fully saturated rings. The summed E-state index contributed by atoms with van der Waals surface area (Å²) in [4.78, 5) is 8.36. The Hall–Kier alpha value is -1.36. The van der Waals surface area contributed by atoms with E-state index in [9.17, 15) is 0 Å². The van der Waals surface area contributed by atoms with Crippen molar-refractivity contribution in [3.8, 4) is 0 Å². The molecule has 0 unspecified atom stereocenters. The Balaban J connectivity index is 2.02. The molecule has 0 saturated carbocycles. The molecular formula is C10H10BrN3O. The van der Waals surface area contributed by atoms with Crippen LogP contribution in [0.3, 0.4) is 0 Å². The second-order valence-electron chi connectivity index (χ2n) is 3.10. The summed E-state index contributed by atoms with van der Waals surface area (Å²) in [6, 6.07) is 3.88. The largest absolute Gasteiger partial charge is 0.451 e. The molecule has 0 aliphatic rings. The van der Waals surface area contributed by atoms with Crippen LogP contribution in [0.25, 0.3) is 0 Å². The van der Waals surface area contributed by atoms with Crippen molar-refractivity contribution >= 4 is 21.7 Å². The molecule has 2 aromatic rings. The maximum absolute atomic E-state index is 4.87. The highest BCUT2D eigenvalue weighted by Gasteiger charge is 2.00. The molecule has 0 atom stereocenters.